The van der Waals surface area contributed by atoms with Crippen LogP contribution in [0, 0.1) is 0 Å². The molecule has 0 bridgehead atoms. The number of hydrogen-bond acceptors (Lipinski definition) is 3. The molecule has 0 unspecified atom stereocenters. The van der Waals surface area contributed by atoms with Crippen molar-refractivity contribution in [2.24, 2.45) is 0 Å². The van der Waals surface area contributed by atoms with Crippen LogP contribution in [0.3, 0.4) is 0 Å². The molecule has 0 aliphatic carbocycles. The van der Waals surface area contributed by atoms with Crippen LogP contribution in [0.1, 0.15) is 0 Å². The molecule has 1 aliphatic rings. The fraction of sp³-hybridized carbons (Fsp3) is 0. The predicted octanol–water partition coefficient (Wildman–Crippen LogP) is 4.25. The molecular formula is C12H8ClNOS. The van der Waals surface area contributed by atoms with Gasteiger partial charge in [-0.15, -0.1) is 0 Å². The van der Waals surface area contributed by atoms with Crippen LogP contribution in [0.4, 0.5) is 11.4 Å². The van der Waals surface area contributed by atoms with Gasteiger partial charge in [-0.1, -0.05) is 35.5 Å². The standard InChI is InChI=1S/C12H8ClNOS/c13-11-9(15)6-5-8-12(11)16-10-4-2-1-3-7(10)14-8/h1-6,14-15H. The number of benzene rings is 2. The van der Waals surface area contributed by atoms with E-state index < -0.39 is 0 Å². The first-order valence-corrected chi connectivity index (χ1v) is 6.00. The number of anilines is 2. The molecular weight excluding hydrogens is 242 g/mol. The Morgan fingerprint density at radius 1 is 1.06 bits per heavy atom. The van der Waals surface area contributed by atoms with E-state index in [2.05, 4.69) is 5.32 Å². The van der Waals surface area contributed by atoms with E-state index >= 15 is 0 Å². The van der Waals surface area contributed by atoms with Crippen molar-refractivity contribution >= 4 is 34.7 Å². The number of fused-ring (bicyclic) bond motifs is 2. The Labute approximate surface area is 102 Å². The van der Waals surface area contributed by atoms with E-state index in [1.165, 1.54) is 0 Å². The first-order valence-electron chi connectivity index (χ1n) is 4.81. The molecule has 1 heterocycles. The molecule has 0 radical (unpaired) electrons. The van der Waals surface area contributed by atoms with Gasteiger partial charge in [0.15, 0.2) is 0 Å². The maximum Gasteiger partial charge on any atom is 0.135 e. The summed E-state index contributed by atoms with van der Waals surface area (Å²) in [4.78, 5) is 1.99. The summed E-state index contributed by atoms with van der Waals surface area (Å²) >= 11 is 7.64. The van der Waals surface area contributed by atoms with Crippen molar-refractivity contribution in [3.8, 4) is 5.75 Å². The van der Waals surface area contributed by atoms with Gasteiger partial charge in [0.1, 0.15) is 5.75 Å². The summed E-state index contributed by atoms with van der Waals surface area (Å²) in [6, 6.07) is 11.4. The van der Waals surface area contributed by atoms with Crippen LogP contribution in [0.15, 0.2) is 46.2 Å². The third-order valence-corrected chi connectivity index (χ3v) is 4.14. The van der Waals surface area contributed by atoms with Crippen LogP contribution in [0.2, 0.25) is 5.02 Å². The summed E-state index contributed by atoms with van der Waals surface area (Å²) in [5.74, 6) is 0.120. The summed E-state index contributed by atoms with van der Waals surface area (Å²) in [5, 5.41) is 13.2. The molecule has 0 saturated carbocycles. The Morgan fingerprint density at radius 2 is 1.88 bits per heavy atom. The molecule has 2 nitrogen and oxygen atoms in total. The molecule has 0 amide bonds. The van der Waals surface area contributed by atoms with Gasteiger partial charge in [0.25, 0.3) is 0 Å². The van der Waals surface area contributed by atoms with Crippen LogP contribution >= 0.6 is 23.4 Å². The van der Waals surface area contributed by atoms with E-state index in [0.717, 1.165) is 21.2 Å². The molecule has 2 aromatic rings. The smallest absolute Gasteiger partial charge is 0.135 e. The zero-order valence-electron chi connectivity index (χ0n) is 8.20. The van der Waals surface area contributed by atoms with Crippen molar-refractivity contribution in [3.05, 3.63) is 41.4 Å². The van der Waals surface area contributed by atoms with Gasteiger partial charge in [0.2, 0.25) is 0 Å². The highest BCUT2D eigenvalue weighted by molar-refractivity contribution is 7.99. The second kappa shape index (κ2) is 3.61. The molecule has 2 aromatic carbocycles. The van der Waals surface area contributed by atoms with Crippen LogP contribution in [0.25, 0.3) is 0 Å². The van der Waals surface area contributed by atoms with Crippen molar-refractivity contribution in [2.45, 2.75) is 9.79 Å². The minimum absolute atomic E-state index is 0.120. The number of phenols is 1. The Kier molecular flexibility index (Phi) is 2.23. The zero-order chi connectivity index (χ0) is 11.1. The van der Waals surface area contributed by atoms with E-state index in [9.17, 15) is 5.11 Å². The second-order valence-corrected chi connectivity index (χ2v) is 4.93. The molecule has 2 N–H and O–H groups in total. The molecule has 0 saturated heterocycles. The lowest BCUT2D eigenvalue weighted by atomic mass is 10.2. The zero-order valence-corrected chi connectivity index (χ0v) is 9.77. The van der Waals surface area contributed by atoms with Crippen LogP contribution in [-0.4, -0.2) is 5.11 Å². The van der Waals surface area contributed by atoms with Crippen LogP contribution < -0.4 is 5.32 Å². The molecule has 80 valence electrons. The van der Waals surface area contributed by atoms with Crippen LogP contribution in [0.5, 0.6) is 5.75 Å². The fourth-order valence-electron chi connectivity index (χ4n) is 1.66. The fourth-order valence-corrected chi connectivity index (χ4v) is 2.96. The lowest BCUT2D eigenvalue weighted by Crippen LogP contribution is -1.99. The highest BCUT2D eigenvalue weighted by atomic mass is 35.5. The third kappa shape index (κ3) is 1.44. The van der Waals surface area contributed by atoms with Gasteiger partial charge in [-0.2, -0.15) is 0 Å². The van der Waals surface area contributed by atoms with Crippen molar-refractivity contribution in [1.29, 1.82) is 0 Å². The van der Waals surface area contributed by atoms with Gasteiger partial charge < -0.3 is 10.4 Å². The first kappa shape index (κ1) is 9.87. The Hall–Kier alpha value is -1.32. The van der Waals surface area contributed by atoms with E-state index in [0.29, 0.717) is 5.02 Å². The van der Waals surface area contributed by atoms with Crippen molar-refractivity contribution in [2.75, 3.05) is 5.32 Å². The van der Waals surface area contributed by atoms with E-state index in [1.54, 1.807) is 17.8 Å². The summed E-state index contributed by atoms with van der Waals surface area (Å²) in [7, 11) is 0. The topological polar surface area (TPSA) is 32.3 Å². The van der Waals surface area contributed by atoms with Gasteiger partial charge in [-0.25, -0.2) is 0 Å². The average molecular weight is 250 g/mol. The maximum atomic E-state index is 9.55. The number of phenolic OH excluding ortho intramolecular Hbond substituents is 1. The Morgan fingerprint density at radius 3 is 2.75 bits per heavy atom. The molecule has 0 aromatic heterocycles. The predicted molar refractivity (Wildman–Crippen MR) is 67.0 cm³/mol. The second-order valence-electron chi connectivity index (χ2n) is 3.50. The number of aromatic hydroxyl groups is 1. The molecule has 4 heteroatoms. The Balaban J connectivity index is 2.16. The van der Waals surface area contributed by atoms with Crippen molar-refractivity contribution in [1.82, 2.24) is 0 Å². The van der Waals surface area contributed by atoms with E-state index in [1.807, 2.05) is 30.3 Å². The number of halogens is 1. The van der Waals surface area contributed by atoms with E-state index in [4.69, 9.17) is 11.6 Å². The highest BCUT2D eigenvalue weighted by Crippen LogP contribution is 2.49. The van der Waals surface area contributed by atoms with E-state index in [-0.39, 0.29) is 5.75 Å². The van der Waals surface area contributed by atoms with Gasteiger partial charge in [-0.3, -0.25) is 0 Å². The largest absolute Gasteiger partial charge is 0.506 e. The number of para-hydroxylation sites is 1. The quantitative estimate of drug-likeness (QED) is 0.584. The van der Waals surface area contributed by atoms with Crippen molar-refractivity contribution < 1.29 is 5.11 Å². The van der Waals surface area contributed by atoms with Crippen LogP contribution in [-0.2, 0) is 0 Å². The molecule has 1 aliphatic heterocycles. The molecule has 3 rings (SSSR count). The molecule has 0 spiro atoms. The normalized spacial score (nSPS) is 12.6. The third-order valence-electron chi connectivity index (χ3n) is 2.45. The molecule has 16 heavy (non-hydrogen) atoms. The monoisotopic (exact) mass is 249 g/mol. The number of nitrogens with one attached hydrogen (secondary N) is 1. The first-order chi connectivity index (χ1) is 7.75. The summed E-state index contributed by atoms with van der Waals surface area (Å²) in [6.07, 6.45) is 0. The average Bonchev–Trinajstić information content (AvgIpc) is 2.32. The maximum absolute atomic E-state index is 9.55. The minimum Gasteiger partial charge on any atom is -0.506 e. The van der Waals surface area contributed by atoms with Gasteiger partial charge in [0, 0.05) is 4.90 Å². The highest BCUT2D eigenvalue weighted by Gasteiger charge is 2.19. The molecule has 0 fully saturated rings. The lowest BCUT2D eigenvalue weighted by molar-refractivity contribution is 0.474. The Bertz CT molecular complexity index is 571. The molecule has 0 atom stereocenters. The number of rotatable bonds is 0. The van der Waals surface area contributed by atoms with Crippen molar-refractivity contribution in [3.63, 3.8) is 0 Å². The summed E-state index contributed by atoms with van der Waals surface area (Å²) < 4.78 is 0. The summed E-state index contributed by atoms with van der Waals surface area (Å²) in [5.41, 5.74) is 2.01. The lowest BCUT2D eigenvalue weighted by Gasteiger charge is -2.21. The number of hydrogen-bond donors (Lipinski definition) is 2. The van der Waals surface area contributed by atoms with Gasteiger partial charge in [0.05, 0.1) is 21.3 Å². The van der Waals surface area contributed by atoms with Gasteiger partial charge >= 0.3 is 0 Å². The summed E-state index contributed by atoms with van der Waals surface area (Å²) in [6.45, 7) is 0. The van der Waals surface area contributed by atoms with Gasteiger partial charge in [-0.05, 0) is 24.3 Å². The minimum atomic E-state index is 0.120. The SMILES string of the molecule is Oc1ccc2c(c1Cl)Sc1ccccc1N2.